The molecule has 0 saturated heterocycles. The van der Waals surface area contributed by atoms with E-state index in [0.29, 0.717) is 19.0 Å². The first-order valence-electron chi connectivity index (χ1n) is 6.79. The van der Waals surface area contributed by atoms with Crippen LogP contribution >= 0.6 is 0 Å². The summed E-state index contributed by atoms with van der Waals surface area (Å²) >= 11 is 0. The second kappa shape index (κ2) is 6.62. The molecule has 1 N–H and O–H groups in total. The minimum Gasteiger partial charge on any atom is -0.309 e. The van der Waals surface area contributed by atoms with Crippen LogP contribution in [0.3, 0.4) is 0 Å². The van der Waals surface area contributed by atoms with E-state index in [1.54, 1.807) is 6.07 Å². The molecule has 0 aliphatic carbocycles. The van der Waals surface area contributed by atoms with Crippen LogP contribution in [0.15, 0.2) is 42.5 Å². The molecule has 0 bridgehead atoms. The van der Waals surface area contributed by atoms with Gasteiger partial charge in [0.15, 0.2) is 11.6 Å². The van der Waals surface area contributed by atoms with Crippen LogP contribution in [-0.2, 0) is 13.1 Å². The molecular weight excluding hydrogens is 256 g/mol. The highest BCUT2D eigenvalue weighted by atomic mass is 19.2. The molecule has 0 atom stereocenters. The first kappa shape index (κ1) is 14.7. The molecule has 0 aliphatic rings. The van der Waals surface area contributed by atoms with Gasteiger partial charge in [-0.15, -0.1) is 0 Å². The number of halogens is 2. The van der Waals surface area contributed by atoms with Gasteiger partial charge in [0.2, 0.25) is 0 Å². The van der Waals surface area contributed by atoms with Crippen LogP contribution in [-0.4, -0.2) is 0 Å². The zero-order valence-corrected chi connectivity index (χ0v) is 11.8. The smallest absolute Gasteiger partial charge is 0.159 e. The van der Waals surface area contributed by atoms with Crippen molar-refractivity contribution in [1.82, 2.24) is 5.32 Å². The Morgan fingerprint density at radius 3 is 2.05 bits per heavy atom. The van der Waals surface area contributed by atoms with E-state index in [-0.39, 0.29) is 0 Å². The lowest BCUT2D eigenvalue weighted by Crippen LogP contribution is -2.13. The fraction of sp³-hybridized carbons (Fsp3) is 0.294. The van der Waals surface area contributed by atoms with Crippen molar-refractivity contribution in [3.8, 4) is 0 Å². The van der Waals surface area contributed by atoms with E-state index in [9.17, 15) is 8.78 Å². The van der Waals surface area contributed by atoms with Gasteiger partial charge >= 0.3 is 0 Å². The molecule has 0 unspecified atom stereocenters. The van der Waals surface area contributed by atoms with Gasteiger partial charge in [0.1, 0.15) is 0 Å². The lowest BCUT2D eigenvalue weighted by molar-refractivity contribution is 0.506. The standard InChI is InChI=1S/C17H19F2N/c1-12(2)15-6-3-13(4-7-15)10-20-11-14-5-8-16(18)17(19)9-14/h3-9,12,20H,10-11H2,1-2H3. The molecule has 2 aromatic carbocycles. The van der Waals surface area contributed by atoms with Crippen molar-refractivity contribution in [3.05, 3.63) is 70.8 Å². The van der Waals surface area contributed by atoms with Crippen LogP contribution in [0.25, 0.3) is 0 Å². The predicted octanol–water partition coefficient (Wildman–Crippen LogP) is 4.38. The Kier molecular flexibility index (Phi) is 4.85. The summed E-state index contributed by atoms with van der Waals surface area (Å²) in [5.41, 5.74) is 3.23. The molecule has 2 rings (SSSR count). The lowest BCUT2D eigenvalue weighted by atomic mass is 10.0. The Morgan fingerprint density at radius 1 is 0.850 bits per heavy atom. The highest BCUT2D eigenvalue weighted by Gasteiger charge is 2.02. The Bertz CT molecular complexity index is 562. The third-order valence-electron chi connectivity index (χ3n) is 3.29. The summed E-state index contributed by atoms with van der Waals surface area (Å²) < 4.78 is 25.8. The zero-order chi connectivity index (χ0) is 14.5. The molecule has 20 heavy (non-hydrogen) atoms. The SMILES string of the molecule is CC(C)c1ccc(CNCc2ccc(F)c(F)c2)cc1. The molecule has 0 aliphatic heterocycles. The van der Waals surface area contributed by atoms with Gasteiger partial charge in [-0.1, -0.05) is 44.2 Å². The van der Waals surface area contributed by atoms with E-state index in [2.05, 4.69) is 43.4 Å². The molecule has 0 amide bonds. The first-order chi connectivity index (χ1) is 9.56. The van der Waals surface area contributed by atoms with E-state index < -0.39 is 11.6 Å². The van der Waals surface area contributed by atoms with Gasteiger partial charge in [-0.25, -0.2) is 8.78 Å². The number of benzene rings is 2. The van der Waals surface area contributed by atoms with Gasteiger partial charge < -0.3 is 5.32 Å². The van der Waals surface area contributed by atoms with E-state index in [1.807, 2.05) is 0 Å². The summed E-state index contributed by atoms with van der Waals surface area (Å²) in [6.07, 6.45) is 0. The molecule has 1 nitrogen and oxygen atoms in total. The Morgan fingerprint density at radius 2 is 1.45 bits per heavy atom. The maximum absolute atomic E-state index is 13.0. The Labute approximate surface area is 118 Å². The van der Waals surface area contributed by atoms with Crippen LogP contribution in [0, 0.1) is 11.6 Å². The summed E-state index contributed by atoms with van der Waals surface area (Å²) in [5, 5.41) is 3.22. The van der Waals surface area contributed by atoms with Crippen molar-refractivity contribution >= 4 is 0 Å². The second-order valence-electron chi connectivity index (χ2n) is 5.25. The van der Waals surface area contributed by atoms with E-state index >= 15 is 0 Å². The van der Waals surface area contributed by atoms with E-state index in [0.717, 1.165) is 11.6 Å². The topological polar surface area (TPSA) is 12.0 Å². The number of hydrogen-bond acceptors (Lipinski definition) is 1. The monoisotopic (exact) mass is 275 g/mol. The number of nitrogens with one attached hydrogen (secondary N) is 1. The van der Waals surface area contributed by atoms with Gasteiger partial charge in [-0.2, -0.15) is 0 Å². The van der Waals surface area contributed by atoms with Gasteiger partial charge in [-0.3, -0.25) is 0 Å². The zero-order valence-electron chi connectivity index (χ0n) is 11.8. The average molecular weight is 275 g/mol. The normalized spacial score (nSPS) is 11.1. The third kappa shape index (κ3) is 3.87. The quantitative estimate of drug-likeness (QED) is 0.854. The maximum atomic E-state index is 13.0. The molecular formula is C17H19F2N. The molecule has 0 fully saturated rings. The van der Waals surface area contributed by atoms with Gasteiger partial charge in [0.05, 0.1) is 0 Å². The highest BCUT2D eigenvalue weighted by Crippen LogP contribution is 2.14. The fourth-order valence-corrected chi connectivity index (χ4v) is 2.02. The predicted molar refractivity (Wildman–Crippen MR) is 77.4 cm³/mol. The van der Waals surface area contributed by atoms with Crippen molar-refractivity contribution in [2.45, 2.75) is 32.9 Å². The maximum Gasteiger partial charge on any atom is 0.159 e. The molecule has 0 heterocycles. The highest BCUT2D eigenvalue weighted by molar-refractivity contribution is 5.24. The average Bonchev–Trinajstić information content (AvgIpc) is 2.43. The Balaban J connectivity index is 1.87. The van der Waals surface area contributed by atoms with Crippen LogP contribution in [0.2, 0.25) is 0 Å². The largest absolute Gasteiger partial charge is 0.309 e. The molecule has 0 spiro atoms. The first-order valence-corrected chi connectivity index (χ1v) is 6.79. The fourth-order valence-electron chi connectivity index (χ4n) is 2.02. The van der Waals surface area contributed by atoms with E-state index in [4.69, 9.17) is 0 Å². The summed E-state index contributed by atoms with van der Waals surface area (Å²) in [4.78, 5) is 0. The van der Waals surface area contributed by atoms with Gasteiger partial charge in [-0.05, 0) is 34.7 Å². The van der Waals surface area contributed by atoms with Crippen molar-refractivity contribution in [2.75, 3.05) is 0 Å². The van der Waals surface area contributed by atoms with Crippen LogP contribution < -0.4 is 5.32 Å². The summed E-state index contributed by atoms with van der Waals surface area (Å²) in [6, 6.07) is 12.4. The molecule has 0 radical (unpaired) electrons. The van der Waals surface area contributed by atoms with Crippen LogP contribution in [0.5, 0.6) is 0 Å². The van der Waals surface area contributed by atoms with Crippen molar-refractivity contribution < 1.29 is 8.78 Å². The molecule has 2 aromatic rings. The second-order valence-corrected chi connectivity index (χ2v) is 5.25. The molecule has 3 heteroatoms. The van der Waals surface area contributed by atoms with Gasteiger partial charge in [0.25, 0.3) is 0 Å². The minimum absolute atomic E-state index is 0.517. The molecule has 0 aromatic heterocycles. The minimum atomic E-state index is -0.807. The van der Waals surface area contributed by atoms with Crippen molar-refractivity contribution in [1.29, 1.82) is 0 Å². The summed E-state index contributed by atoms with van der Waals surface area (Å²) in [6.45, 7) is 5.55. The number of hydrogen-bond donors (Lipinski definition) is 1. The summed E-state index contributed by atoms with van der Waals surface area (Å²) in [7, 11) is 0. The molecule has 106 valence electrons. The number of rotatable bonds is 5. The Hall–Kier alpha value is -1.74. The lowest BCUT2D eigenvalue weighted by Gasteiger charge is -2.08. The van der Waals surface area contributed by atoms with Crippen LogP contribution in [0.1, 0.15) is 36.5 Å². The van der Waals surface area contributed by atoms with Gasteiger partial charge in [0, 0.05) is 13.1 Å². The van der Waals surface area contributed by atoms with Crippen molar-refractivity contribution in [2.24, 2.45) is 0 Å². The van der Waals surface area contributed by atoms with Crippen molar-refractivity contribution in [3.63, 3.8) is 0 Å². The van der Waals surface area contributed by atoms with E-state index in [1.165, 1.54) is 17.2 Å². The molecule has 0 saturated carbocycles. The van der Waals surface area contributed by atoms with Crippen LogP contribution in [0.4, 0.5) is 8.78 Å². The third-order valence-corrected chi connectivity index (χ3v) is 3.29. The summed E-state index contributed by atoms with van der Waals surface area (Å²) in [5.74, 6) is -1.08.